The number of carbonyl (C=O) groups is 1. The minimum Gasteiger partial charge on any atom is -0.472 e. The van der Waals surface area contributed by atoms with E-state index in [2.05, 4.69) is 21.2 Å². The molecule has 0 aromatic carbocycles. The Labute approximate surface area is 112 Å². The highest BCUT2D eigenvalue weighted by molar-refractivity contribution is 9.10. The van der Waals surface area contributed by atoms with E-state index in [4.69, 9.17) is 4.42 Å². The zero-order valence-corrected chi connectivity index (χ0v) is 11.7. The van der Waals surface area contributed by atoms with Gasteiger partial charge in [0.2, 0.25) is 0 Å². The molecule has 0 saturated heterocycles. The van der Waals surface area contributed by atoms with E-state index in [1.807, 2.05) is 24.4 Å². The Morgan fingerprint density at radius 2 is 2.47 bits per heavy atom. The minimum absolute atomic E-state index is 0.0308. The number of rotatable bonds is 4. The van der Waals surface area contributed by atoms with E-state index in [-0.39, 0.29) is 11.9 Å². The average molecular weight is 314 g/mol. The molecule has 2 aromatic heterocycles. The van der Waals surface area contributed by atoms with Gasteiger partial charge in [-0.3, -0.25) is 4.79 Å². The van der Waals surface area contributed by atoms with Crippen LogP contribution in [0.2, 0.25) is 0 Å². The van der Waals surface area contributed by atoms with E-state index < -0.39 is 0 Å². The number of nitrogens with one attached hydrogen (secondary N) is 1. The van der Waals surface area contributed by atoms with Crippen LogP contribution >= 0.6 is 27.3 Å². The second-order valence-electron chi connectivity index (χ2n) is 3.84. The average Bonchev–Trinajstić information content (AvgIpc) is 2.89. The lowest BCUT2D eigenvalue weighted by Crippen LogP contribution is -2.33. The first-order chi connectivity index (χ1) is 8.15. The maximum atomic E-state index is 11.9. The fourth-order valence-corrected chi connectivity index (χ4v) is 2.87. The second kappa shape index (κ2) is 5.51. The Morgan fingerprint density at radius 1 is 1.65 bits per heavy atom. The predicted molar refractivity (Wildman–Crippen MR) is 71.4 cm³/mol. The molecule has 0 aliphatic carbocycles. The summed E-state index contributed by atoms with van der Waals surface area (Å²) >= 11 is 4.76. The second-order valence-corrected chi connectivity index (χ2v) is 5.67. The summed E-state index contributed by atoms with van der Waals surface area (Å²) in [6.07, 6.45) is 4.11. The molecule has 3 nitrogen and oxygen atoms in total. The largest absolute Gasteiger partial charge is 0.472 e. The van der Waals surface area contributed by atoms with Gasteiger partial charge in [0.05, 0.1) is 17.4 Å². The number of amides is 1. The molecule has 1 amide bonds. The van der Waals surface area contributed by atoms with Crippen LogP contribution in [0.15, 0.2) is 38.9 Å². The highest BCUT2D eigenvalue weighted by Gasteiger charge is 2.12. The van der Waals surface area contributed by atoms with E-state index in [1.54, 1.807) is 12.5 Å². The molecule has 2 aromatic rings. The summed E-state index contributed by atoms with van der Waals surface area (Å²) in [6.45, 7) is 1.98. The van der Waals surface area contributed by atoms with E-state index in [1.165, 1.54) is 11.3 Å². The van der Waals surface area contributed by atoms with Gasteiger partial charge in [-0.2, -0.15) is 0 Å². The van der Waals surface area contributed by atoms with E-state index >= 15 is 0 Å². The maximum Gasteiger partial charge on any atom is 0.261 e. The third kappa shape index (κ3) is 3.44. The molecule has 90 valence electrons. The van der Waals surface area contributed by atoms with Crippen molar-refractivity contribution in [1.29, 1.82) is 0 Å². The lowest BCUT2D eigenvalue weighted by Gasteiger charge is -2.11. The van der Waals surface area contributed by atoms with E-state index in [0.29, 0.717) is 0 Å². The normalized spacial score (nSPS) is 12.4. The van der Waals surface area contributed by atoms with Crippen LogP contribution in [0.4, 0.5) is 0 Å². The van der Waals surface area contributed by atoms with Crippen molar-refractivity contribution in [3.8, 4) is 0 Å². The summed E-state index contributed by atoms with van der Waals surface area (Å²) in [5.74, 6) is -0.0308. The molecule has 0 bridgehead atoms. The minimum atomic E-state index is -0.0308. The lowest BCUT2D eigenvalue weighted by atomic mass is 10.1. The van der Waals surface area contributed by atoms with Gasteiger partial charge >= 0.3 is 0 Å². The summed E-state index contributed by atoms with van der Waals surface area (Å²) < 4.78 is 5.93. The quantitative estimate of drug-likeness (QED) is 0.939. The van der Waals surface area contributed by atoms with Gasteiger partial charge in [0.15, 0.2) is 0 Å². The van der Waals surface area contributed by atoms with Crippen molar-refractivity contribution in [1.82, 2.24) is 5.32 Å². The Balaban J connectivity index is 1.90. The molecule has 0 aliphatic rings. The van der Waals surface area contributed by atoms with Crippen LogP contribution in [-0.2, 0) is 6.42 Å². The molecule has 1 unspecified atom stereocenters. The number of thiophene rings is 1. The van der Waals surface area contributed by atoms with Crippen molar-refractivity contribution in [3.63, 3.8) is 0 Å². The Kier molecular flexibility index (Phi) is 4.02. The monoisotopic (exact) mass is 313 g/mol. The highest BCUT2D eigenvalue weighted by atomic mass is 79.9. The molecule has 0 spiro atoms. The summed E-state index contributed by atoms with van der Waals surface area (Å²) in [7, 11) is 0. The molecular formula is C12H12BrNO2S. The fraction of sp³-hybridized carbons (Fsp3) is 0.250. The summed E-state index contributed by atoms with van der Waals surface area (Å²) in [5.41, 5.74) is 1.09. The van der Waals surface area contributed by atoms with Crippen molar-refractivity contribution in [2.75, 3.05) is 0 Å². The van der Waals surface area contributed by atoms with Crippen LogP contribution in [0.3, 0.4) is 0 Å². The predicted octanol–water partition coefficient (Wildman–Crippen LogP) is 3.46. The smallest absolute Gasteiger partial charge is 0.261 e. The van der Waals surface area contributed by atoms with Crippen LogP contribution in [0.5, 0.6) is 0 Å². The molecule has 2 rings (SSSR count). The van der Waals surface area contributed by atoms with Crippen LogP contribution in [0.25, 0.3) is 0 Å². The van der Waals surface area contributed by atoms with Gasteiger partial charge in [0.1, 0.15) is 0 Å². The maximum absolute atomic E-state index is 11.9. The van der Waals surface area contributed by atoms with Crippen LogP contribution in [-0.4, -0.2) is 11.9 Å². The van der Waals surface area contributed by atoms with Crippen LogP contribution < -0.4 is 5.32 Å². The summed E-state index contributed by atoms with van der Waals surface area (Å²) in [4.78, 5) is 12.6. The van der Waals surface area contributed by atoms with Crippen molar-refractivity contribution in [3.05, 3.63) is 45.0 Å². The molecule has 0 radical (unpaired) electrons. The van der Waals surface area contributed by atoms with Gasteiger partial charge in [-0.05, 0) is 47.0 Å². The lowest BCUT2D eigenvalue weighted by molar-refractivity contribution is 0.0944. The molecule has 0 fully saturated rings. The fourth-order valence-electron chi connectivity index (χ4n) is 1.54. The first-order valence-electron chi connectivity index (χ1n) is 5.21. The van der Waals surface area contributed by atoms with Gasteiger partial charge in [0.25, 0.3) is 5.91 Å². The van der Waals surface area contributed by atoms with Gasteiger partial charge in [-0.1, -0.05) is 0 Å². The van der Waals surface area contributed by atoms with E-state index in [9.17, 15) is 4.79 Å². The third-order valence-electron chi connectivity index (χ3n) is 2.29. The molecule has 0 aliphatic heterocycles. The van der Waals surface area contributed by atoms with Crippen molar-refractivity contribution < 1.29 is 9.21 Å². The number of halogens is 1. The Hall–Kier alpha value is -1.07. The number of hydrogen-bond acceptors (Lipinski definition) is 3. The topological polar surface area (TPSA) is 42.2 Å². The standard InChI is InChI=1S/C12H12BrNO2S/c1-8(4-9-2-3-16-6-9)14-12(15)11-5-10(13)7-17-11/h2-3,5-8H,4H2,1H3,(H,14,15). The first kappa shape index (κ1) is 12.4. The molecule has 0 saturated carbocycles. The molecular weight excluding hydrogens is 302 g/mol. The third-order valence-corrected chi connectivity index (χ3v) is 3.98. The molecule has 1 atom stereocenters. The Bertz CT molecular complexity index is 492. The zero-order valence-electron chi connectivity index (χ0n) is 9.27. The molecule has 1 N–H and O–H groups in total. The first-order valence-corrected chi connectivity index (χ1v) is 6.88. The van der Waals surface area contributed by atoms with Gasteiger partial charge in [-0.15, -0.1) is 11.3 Å². The van der Waals surface area contributed by atoms with Crippen molar-refractivity contribution >= 4 is 33.2 Å². The van der Waals surface area contributed by atoms with E-state index in [0.717, 1.165) is 21.3 Å². The summed E-state index contributed by atoms with van der Waals surface area (Å²) in [6, 6.07) is 3.82. The van der Waals surface area contributed by atoms with Crippen LogP contribution in [0.1, 0.15) is 22.2 Å². The number of hydrogen-bond donors (Lipinski definition) is 1. The van der Waals surface area contributed by atoms with Crippen molar-refractivity contribution in [2.24, 2.45) is 0 Å². The zero-order chi connectivity index (χ0) is 12.3. The Morgan fingerprint density at radius 3 is 3.06 bits per heavy atom. The molecule has 2 heterocycles. The number of carbonyl (C=O) groups excluding carboxylic acids is 1. The van der Waals surface area contributed by atoms with Gasteiger partial charge in [0, 0.05) is 15.9 Å². The molecule has 5 heteroatoms. The summed E-state index contributed by atoms with van der Waals surface area (Å²) in [5, 5.41) is 4.86. The number of furan rings is 1. The van der Waals surface area contributed by atoms with Gasteiger partial charge < -0.3 is 9.73 Å². The SMILES string of the molecule is CC(Cc1ccoc1)NC(=O)c1cc(Br)cs1. The van der Waals surface area contributed by atoms with Crippen LogP contribution in [0, 0.1) is 0 Å². The highest BCUT2D eigenvalue weighted by Crippen LogP contribution is 2.19. The van der Waals surface area contributed by atoms with Crippen molar-refractivity contribution in [2.45, 2.75) is 19.4 Å². The van der Waals surface area contributed by atoms with Gasteiger partial charge in [-0.25, -0.2) is 0 Å². The molecule has 17 heavy (non-hydrogen) atoms.